The number of nitrogens with zero attached hydrogens (tertiary/aromatic N) is 2. The molecule has 3 N–H and O–H groups in total. The van der Waals surface area contributed by atoms with Crippen molar-refractivity contribution in [2.75, 3.05) is 6.54 Å². The summed E-state index contributed by atoms with van der Waals surface area (Å²) in [6.07, 6.45) is 3.09. The summed E-state index contributed by atoms with van der Waals surface area (Å²) in [6, 6.07) is 9.80. The molecule has 6 heteroatoms. The fraction of sp³-hybridized carbons (Fsp3) is 0.474. The van der Waals surface area contributed by atoms with Crippen LogP contribution in [0.25, 0.3) is 0 Å². The van der Waals surface area contributed by atoms with Gasteiger partial charge >= 0.3 is 0 Å². The quantitative estimate of drug-likeness (QED) is 0.755. The number of halogens is 1. The van der Waals surface area contributed by atoms with Crippen LogP contribution in [0.1, 0.15) is 53.5 Å². The highest BCUT2D eigenvalue weighted by atomic mass is 35.5. The van der Waals surface area contributed by atoms with E-state index in [1.165, 1.54) is 0 Å². The van der Waals surface area contributed by atoms with E-state index in [1.54, 1.807) is 0 Å². The number of benzene rings is 1. The van der Waals surface area contributed by atoms with Gasteiger partial charge in [-0.15, -0.1) is 12.4 Å². The van der Waals surface area contributed by atoms with Crippen LogP contribution in [0.15, 0.2) is 30.3 Å². The number of hydrogen-bond donors (Lipinski definition) is 2. The van der Waals surface area contributed by atoms with Crippen LogP contribution in [-0.2, 0) is 6.54 Å². The molecule has 0 spiro atoms. The van der Waals surface area contributed by atoms with Crippen molar-refractivity contribution in [1.82, 2.24) is 15.1 Å². The normalized spacial score (nSPS) is 11.7. The summed E-state index contributed by atoms with van der Waals surface area (Å²) in [4.78, 5) is 12.5. The topological polar surface area (TPSA) is 72.9 Å². The average molecular weight is 365 g/mol. The van der Waals surface area contributed by atoms with Gasteiger partial charge in [0.15, 0.2) is 0 Å². The van der Waals surface area contributed by atoms with Crippen molar-refractivity contribution >= 4 is 18.3 Å². The highest BCUT2D eigenvalue weighted by molar-refractivity contribution is 5.94. The number of amides is 1. The van der Waals surface area contributed by atoms with E-state index < -0.39 is 0 Å². The maximum absolute atomic E-state index is 12.5. The Hall–Kier alpha value is -1.85. The van der Waals surface area contributed by atoms with E-state index in [0.29, 0.717) is 18.7 Å². The number of carbonyl (C=O) groups excluding carboxylic acids is 1. The summed E-state index contributed by atoms with van der Waals surface area (Å²) >= 11 is 0. The van der Waals surface area contributed by atoms with Gasteiger partial charge in [-0.2, -0.15) is 5.10 Å². The Morgan fingerprint density at radius 2 is 2.08 bits per heavy atom. The SMILES string of the molecule is CCCCC(CN)NC(=O)c1cccc(Cn2nc(C)cc2C)c1.Cl. The van der Waals surface area contributed by atoms with E-state index in [0.717, 1.165) is 36.2 Å². The number of nitrogens with one attached hydrogen (secondary N) is 1. The predicted octanol–water partition coefficient (Wildman–Crippen LogP) is 3.22. The van der Waals surface area contributed by atoms with Crippen molar-refractivity contribution in [2.24, 2.45) is 5.73 Å². The molecule has 1 aromatic heterocycles. The lowest BCUT2D eigenvalue weighted by atomic mass is 10.1. The van der Waals surface area contributed by atoms with Gasteiger partial charge < -0.3 is 11.1 Å². The molecular weight excluding hydrogens is 336 g/mol. The Kier molecular flexibility index (Phi) is 8.66. The van der Waals surface area contributed by atoms with E-state index in [1.807, 2.05) is 42.8 Å². The van der Waals surface area contributed by atoms with Gasteiger partial charge in [-0.1, -0.05) is 31.9 Å². The molecule has 25 heavy (non-hydrogen) atoms. The predicted molar refractivity (Wildman–Crippen MR) is 104 cm³/mol. The van der Waals surface area contributed by atoms with Gasteiger partial charge in [-0.25, -0.2) is 0 Å². The van der Waals surface area contributed by atoms with Crippen LogP contribution in [0.3, 0.4) is 0 Å². The van der Waals surface area contributed by atoms with E-state index >= 15 is 0 Å². The number of rotatable bonds is 8. The Morgan fingerprint density at radius 3 is 2.68 bits per heavy atom. The molecule has 0 fully saturated rings. The molecule has 1 atom stereocenters. The summed E-state index contributed by atoms with van der Waals surface area (Å²) in [7, 11) is 0. The molecule has 1 heterocycles. The van der Waals surface area contributed by atoms with Crippen molar-refractivity contribution < 1.29 is 4.79 Å². The minimum Gasteiger partial charge on any atom is -0.348 e. The number of nitrogens with two attached hydrogens (primary N) is 1. The van der Waals surface area contributed by atoms with Crippen LogP contribution in [0.2, 0.25) is 0 Å². The van der Waals surface area contributed by atoms with Gasteiger partial charge in [-0.05, 0) is 44.0 Å². The smallest absolute Gasteiger partial charge is 0.251 e. The molecule has 5 nitrogen and oxygen atoms in total. The first-order chi connectivity index (χ1) is 11.5. The maximum Gasteiger partial charge on any atom is 0.251 e. The number of hydrogen-bond acceptors (Lipinski definition) is 3. The fourth-order valence-electron chi connectivity index (χ4n) is 2.79. The van der Waals surface area contributed by atoms with E-state index in [4.69, 9.17) is 5.73 Å². The van der Waals surface area contributed by atoms with Crippen LogP contribution in [0, 0.1) is 13.8 Å². The zero-order chi connectivity index (χ0) is 17.5. The molecule has 0 saturated carbocycles. The molecule has 138 valence electrons. The molecule has 0 bridgehead atoms. The molecule has 1 amide bonds. The van der Waals surface area contributed by atoms with E-state index in [9.17, 15) is 4.79 Å². The Balaban J connectivity index is 0.00000312. The summed E-state index contributed by atoms with van der Waals surface area (Å²) < 4.78 is 1.95. The molecule has 0 aliphatic rings. The zero-order valence-electron chi connectivity index (χ0n) is 15.3. The third-order valence-electron chi connectivity index (χ3n) is 4.15. The van der Waals surface area contributed by atoms with Gasteiger partial charge in [0.1, 0.15) is 0 Å². The van der Waals surface area contributed by atoms with E-state index in [-0.39, 0.29) is 24.4 Å². The third-order valence-corrected chi connectivity index (χ3v) is 4.15. The number of carbonyl (C=O) groups is 1. The van der Waals surface area contributed by atoms with E-state index in [2.05, 4.69) is 23.4 Å². The molecule has 0 saturated heterocycles. The maximum atomic E-state index is 12.5. The number of aromatic nitrogens is 2. The summed E-state index contributed by atoms with van der Waals surface area (Å²) in [5.74, 6) is -0.0585. The molecule has 0 aliphatic carbocycles. The highest BCUT2D eigenvalue weighted by Crippen LogP contribution is 2.11. The second-order valence-electron chi connectivity index (χ2n) is 6.33. The average Bonchev–Trinajstić information content (AvgIpc) is 2.88. The van der Waals surface area contributed by atoms with Crippen molar-refractivity contribution in [2.45, 2.75) is 52.6 Å². The summed E-state index contributed by atoms with van der Waals surface area (Å²) in [5.41, 5.74) is 9.62. The molecular formula is C19H29ClN4O. The first-order valence-corrected chi connectivity index (χ1v) is 8.64. The molecule has 2 rings (SSSR count). The van der Waals surface area contributed by atoms with Crippen LogP contribution < -0.4 is 11.1 Å². The van der Waals surface area contributed by atoms with Crippen molar-refractivity contribution in [1.29, 1.82) is 0 Å². The minimum absolute atomic E-state index is 0. The lowest BCUT2D eigenvalue weighted by molar-refractivity contribution is 0.0935. The second kappa shape index (κ2) is 10.2. The number of unbranched alkanes of at least 4 members (excludes halogenated alkanes) is 1. The second-order valence-corrected chi connectivity index (χ2v) is 6.33. The molecule has 1 unspecified atom stereocenters. The van der Waals surface area contributed by atoms with Gasteiger partial charge in [0.2, 0.25) is 0 Å². The van der Waals surface area contributed by atoms with Crippen molar-refractivity contribution in [3.05, 3.63) is 52.8 Å². The number of aryl methyl sites for hydroxylation is 2. The van der Waals surface area contributed by atoms with Gasteiger partial charge in [0.25, 0.3) is 5.91 Å². The van der Waals surface area contributed by atoms with Crippen molar-refractivity contribution in [3.63, 3.8) is 0 Å². The molecule has 2 aromatic rings. The zero-order valence-corrected chi connectivity index (χ0v) is 16.1. The standard InChI is InChI=1S/C19H28N4O.ClH/c1-4-5-9-18(12-20)21-19(24)17-8-6-7-16(11-17)13-23-15(3)10-14(2)22-23;/h6-8,10-11,18H,4-5,9,12-13,20H2,1-3H3,(H,21,24);1H. The summed E-state index contributed by atoms with van der Waals surface area (Å²) in [5, 5.41) is 7.51. The molecule has 1 aromatic carbocycles. The van der Waals surface area contributed by atoms with Gasteiger partial charge in [0.05, 0.1) is 12.2 Å². The largest absolute Gasteiger partial charge is 0.348 e. The van der Waals surface area contributed by atoms with Crippen molar-refractivity contribution in [3.8, 4) is 0 Å². The van der Waals surface area contributed by atoms with Crippen LogP contribution in [0.5, 0.6) is 0 Å². The summed E-state index contributed by atoms with van der Waals surface area (Å²) in [6.45, 7) is 7.29. The Morgan fingerprint density at radius 1 is 1.32 bits per heavy atom. The molecule has 0 radical (unpaired) electrons. The fourth-order valence-corrected chi connectivity index (χ4v) is 2.79. The van der Waals surface area contributed by atoms with Gasteiger partial charge in [0, 0.05) is 23.8 Å². The first kappa shape index (κ1) is 21.2. The van der Waals surface area contributed by atoms with Gasteiger partial charge in [-0.3, -0.25) is 9.48 Å². The lowest BCUT2D eigenvalue weighted by Crippen LogP contribution is -2.40. The monoisotopic (exact) mass is 364 g/mol. The highest BCUT2D eigenvalue weighted by Gasteiger charge is 2.12. The third kappa shape index (κ3) is 6.18. The van der Waals surface area contributed by atoms with Crippen LogP contribution in [-0.4, -0.2) is 28.3 Å². The first-order valence-electron chi connectivity index (χ1n) is 8.64. The Labute approximate surface area is 156 Å². The Bertz CT molecular complexity index is 684. The van der Waals surface area contributed by atoms with Crippen LogP contribution >= 0.6 is 12.4 Å². The minimum atomic E-state index is -0.0585. The lowest BCUT2D eigenvalue weighted by Gasteiger charge is -2.16. The van der Waals surface area contributed by atoms with Crippen LogP contribution in [0.4, 0.5) is 0 Å². The molecule has 0 aliphatic heterocycles.